The van der Waals surface area contributed by atoms with Crippen LogP contribution in [0.5, 0.6) is 0 Å². The van der Waals surface area contributed by atoms with Crippen LogP contribution in [0.2, 0.25) is 0 Å². The number of hydrogen-bond donors (Lipinski definition) is 2. The molecule has 0 heterocycles. The molecule has 0 amide bonds. The first kappa shape index (κ1) is 21.5. The molecule has 0 fully saturated rings. The van der Waals surface area contributed by atoms with E-state index in [0.29, 0.717) is 12.8 Å². The van der Waals surface area contributed by atoms with Gasteiger partial charge in [-0.25, -0.2) is 8.42 Å². The second kappa shape index (κ2) is 8.65. The number of ether oxygens (including phenoxy) is 1. The van der Waals surface area contributed by atoms with Crippen molar-refractivity contribution >= 4 is 16.0 Å². The Labute approximate surface area is 172 Å². The Hall–Kier alpha value is -2.22. The molecule has 0 unspecified atom stereocenters. The molecule has 4 atom stereocenters. The first-order chi connectivity index (χ1) is 13.7. The number of fused-ring (bicyclic) bond motifs is 1. The third-order valence-corrected chi connectivity index (χ3v) is 6.89. The van der Waals surface area contributed by atoms with Crippen LogP contribution in [0.4, 0.5) is 0 Å². The highest BCUT2D eigenvalue weighted by Gasteiger charge is 2.39. The van der Waals surface area contributed by atoms with E-state index in [0.717, 1.165) is 16.7 Å². The van der Waals surface area contributed by atoms with Gasteiger partial charge in [-0.05, 0) is 43.5 Å². The molecule has 0 saturated carbocycles. The minimum absolute atomic E-state index is 0.160. The number of esters is 1. The number of sulfonamides is 1. The first-order valence-corrected chi connectivity index (χ1v) is 11.3. The number of nitrogens with one attached hydrogen (secondary N) is 1. The van der Waals surface area contributed by atoms with Gasteiger partial charge in [-0.2, -0.15) is 4.72 Å². The molecule has 2 N–H and O–H groups in total. The molecule has 0 aliphatic heterocycles. The summed E-state index contributed by atoms with van der Waals surface area (Å²) in [5.74, 6) is -1.21. The van der Waals surface area contributed by atoms with Crippen LogP contribution in [0.25, 0.3) is 0 Å². The Morgan fingerprint density at radius 2 is 1.86 bits per heavy atom. The van der Waals surface area contributed by atoms with Crippen LogP contribution < -0.4 is 4.72 Å². The Kier molecular flexibility index (Phi) is 6.41. The van der Waals surface area contributed by atoms with Crippen molar-refractivity contribution in [3.05, 3.63) is 65.2 Å². The lowest BCUT2D eigenvalue weighted by atomic mass is 10.0. The highest BCUT2D eigenvalue weighted by molar-refractivity contribution is 7.89. The fraction of sp³-hybridized carbons (Fsp3) is 0.409. The minimum Gasteiger partial charge on any atom is -0.460 e. The zero-order chi connectivity index (χ0) is 21.2. The molecule has 1 aliphatic carbocycles. The fourth-order valence-corrected chi connectivity index (χ4v) is 4.77. The number of aliphatic hydroxyl groups is 1. The van der Waals surface area contributed by atoms with Gasteiger partial charge in [-0.3, -0.25) is 4.79 Å². The number of carbonyl (C=O) groups excluding carboxylic acids is 1. The van der Waals surface area contributed by atoms with Gasteiger partial charge >= 0.3 is 5.97 Å². The summed E-state index contributed by atoms with van der Waals surface area (Å²) in [6, 6.07) is 13.4. The predicted octanol–water partition coefficient (Wildman–Crippen LogP) is 2.89. The van der Waals surface area contributed by atoms with E-state index in [4.69, 9.17) is 4.74 Å². The second-order valence-corrected chi connectivity index (χ2v) is 9.27. The maximum Gasteiger partial charge on any atom is 0.311 e. The van der Waals surface area contributed by atoms with E-state index < -0.39 is 40.2 Å². The van der Waals surface area contributed by atoms with Gasteiger partial charge in [0.25, 0.3) is 0 Å². The van der Waals surface area contributed by atoms with Crippen molar-refractivity contribution in [3.8, 4) is 0 Å². The third kappa shape index (κ3) is 4.69. The van der Waals surface area contributed by atoms with E-state index in [1.54, 1.807) is 38.1 Å². The smallest absolute Gasteiger partial charge is 0.311 e. The molecule has 7 heteroatoms. The Morgan fingerprint density at radius 3 is 2.52 bits per heavy atom. The number of hydrogen-bond acceptors (Lipinski definition) is 5. The number of benzene rings is 2. The molecular weight excluding hydrogens is 390 g/mol. The lowest BCUT2D eigenvalue weighted by Crippen LogP contribution is -2.38. The van der Waals surface area contributed by atoms with Crippen LogP contribution in [-0.2, 0) is 26.0 Å². The minimum atomic E-state index is -3.80. The van der Waals surface area contributed by atoms with Crippen LogP contribution in [0, 0.1) is 12.8 Å². The van der Waals surface area contributed by atoms with Gasteiger partial charge in [0.15, 0.2) is 0 Å². The number of carbonyl (C=O) groups is 1. The second-order valence-electron chi connectivity index (χ2n) is 7.55. The van der Waals surface area contributed by atoms with E-state index in [1.165, 1.54) is 0 Å². The van der Waals surface area contributed by atoms with Crippen molar-refractivity contribution in [1.82, 2.24) is 4.72 Å². The maximum absolute atomic E-state index is 12.9. The summed E-state index contributed by atoms with van der Waals surface area (Å²) in [5.41, 5.74) is 2.70. The first-order valence-electron chi connectivity index (χ1n) is 9.78. The van der Waals surface area contributed by atoms with E-state index in [-0.39, 0.29) is 4.90 Å². The van der Waals surface area contributed by atoms with Gasteiger partial charge in [-0.15, -0.1) is 0 Å². The van der Waals surface area contributed by atoms with Crippen LogP contribution in [0.15, 0.2) is 53.4 Å². The van der Waals surface area contributed by atoms with E-state index in [1.807, 2.05) is 31.2 Å². The van der Waals surface area contributed by atoms with Crippen molar-refractivity contribution in [2.75, 3.05) is 0 Å². The molecule has 0 saturated heterocycles. The van der Waals surface area contributed by atoms with Crippen LogP contribution in [0.1, 0.15) is 43.0 Å². The fourth-order valence-electron chi connectivity index (χ4n) is 3.53. The van der Waals surface area contributed by atoms with Gasteiger partial charge in [0.1, 0.15) is 6.10 Å². The van der Waals surface area contributed by atoms with Gasteiger partial charge in [0.05, 0.1) is 23.0 Å². The largest absolute Gasteiger partial charge is 0.460 e. The Bertz CT molecular complexity index is 971. The Balaban J connectivity index is 1.86. The monoisotopic (exact) mass is 417 g/mol. The van der Waals surface area contributed by atoms with Crippen molar-refractivity contribution in [2.45, 2.75) is 56.8 Å². The van der Waals surface area contributed by atoms with Crippen molar-refractivity contribution in [3.63, 3.8) is 0 Å². The molecule has 0 aromatic heterocycles. The quantitative estimate of drug-likeness (QED) is 0.676. The van der Waals surface area contributed by atoms with Gasteiger partial charge < -0.3 is 9.84 Å². The summed E-state index contributed by atoms with van der Waals surface area (Å²) in [5, 5.41) is 9.96. The highest BCUT2D eigenvalue weighted by atomic mass is 32.2. The summed E-state index contributed by atoms with van der Waals surface area (Å²) in [6.07, 6.45) is -0.622. The summed E-state index contributed by atoms with van der Waals surface area (Å²) >= 11 is 0. The molecule has 1 aliphatic rings. The van der Waals surface area contributed by atoms with E-state index >= 15 is 0 Å². The summed E-state index contributed by atoms with van der Waals surface area (Å²) in [6.45, 7) is 5.29. The van der Waals surface area contributed by atoms with E-state index in [9.17, 15) is 18.3 Å². The van der Waals surface area contributed by atoms with Crippen LogP contribution in [-0.4, -0.2) is 31.7 Å². The van der Waals surface area contributed by atoms with Gasteiger partial charge in [-0.1, -0.05) is 48.9 Å². The normalized spacial score (nSPS) is 20.7. The molecule has 3 rings (SSSR count). The summed E-state index contributed by atoms with van der Waals surface area (Å²) in [4.78, 5) is 12.7. The highest BCUT2D eigenvalue weighted by Crippen LogP contribution is 2.35. The predicted molar refractivity (Wildman–Crippen MR) is 110 cm³/mol. The van der Waals surface area contributed by atoms with Crippen LogP contribution >= 0.6 is 0 Å². The van der Waals surface area contributed by atoms with Crippen molar-refractivity contribution in [1.29, 1.82) is 0 Å². The molecule has 29 heavy (non-hydrogen) atoms. The SMILES string of the molecule is CC[C@@H](O)[C@@H](C)C(=O)O[C@H]1Cc2ccccc2[C@H]1NS(=O)(=O)c1ccc(C)cc1. The zero-order valence-corrected chi connectivity index (χ0v) is 17.6. The molecule has 0 radical (unpaired) electrons. The summed E-state index contributed by atoms with van der Waals surface area (Å²) < 4.78 is 34.3. The number of rotatable bonds is 7. The molecule has 2 aromatic carbocycles. The molecule has 0 spiro atoms. The molecule has 0 bridgehead atoms. The lowest BCUT2D eigenvalue weighted by molar-refractivity contribution is -0.158. The maximum atomic E-state index is 12.9. The van der Waals surface area contributed by atoms with E-state index in [2.05, 4.69) is 4.72 Å². The molecule has 6 nitrogen and oxygen atoms in total. The van der Waals surface area contributed by atoms with Gasteiger partial charge in [0, 0.05) is 6.42 Å². The summed E-state index contributed by atoms with van der Waals surface area (Å²) in [7, 11) is -3.80. The topological polar surface area (TPSA) is 92.7 Å². The van der Waals surface area contributed by atoms with Crippen LogP contribution in [0.3, 0.4) is 0 Å². The lowest BCUT2D eigenvalue weighted by Gasteiger charge is -2.25. The van der Waals surface area contributed by atoms with Crippen molar-refractivity contribution < 1.29 is 23.1 Å². The molecular formula is C22H27NO5S. The number of aryl methyl sites for hydroxylation is 1. The average molecular weight is 418 g/mol. The average Bonchev–Trinajstić information content (AvgIpc) is 3.03. The van der Waals surface area contributed by atoms with Gasteiger partial charge in [0.2, 0.25) is 10.0 Å². The van der Waals surface area contributed by atoms with Crippen molar-refractivity contribution in [2.24, 2.45) is 5.92 Å². The molecule has 2 aromatic rings. The zero-order valence-electron chi connectivity index (χ0n) is 16.8. The number of aliphatic hydroxyl groups excluding tert-OH is 1. The molecule has 156 valence electrons. The standard InChI is InChI=1S/C22H27NO5S/c1-4-19(24)15(3)22(25)28-20-13-16-7-5-6-8-18(16)21(20)23-29(26,27)17-11-9-14(2)10-12-17/h5-12,15,19-21,23-24H,4,13H2,1-3H3/t15-,19-,20+,21-/m1/s1. The Morgan fingerprint density at radius 1 is 1.21 bits per heavy atom. The third-order valence-electron chi connectivity index (χ3n) is 5.43.